The van der Waals surface area contributed by atoms with Crippen molar-refractivity contribution in [2.75, 3.05) is 13.1 Å². The van der Waals surface area contributed by atoms with E-state index < -0.39 is 23.3 Å². The van der Waals surface area contributed by atoms with Gasteiger partial charge in [0.05, 0.1) is 17.7 Å². The highest BCUT2D eigenvalue weighted by Crippen LogP contribution is 2.33. The van der Waals surface area contributed by atoms with Crippen LogP contribution in [0.3, 0.4) is 0 Å². The van der Waals surface area contributed by atoms with Crippen molar-refractivity contribution in [1.82, 2.24) is 15.5 Å². The largest absolute Gasteiger partial charge is 0.444 e. The fraction of sp³-hybridized carbons (Fsp3) is 0.742. The number of amides is 2. The first kappa shape index (κ1) is 30.4. The van der Waals surface area contributed by atoms with Gasteiger partial charge >= 0.3 is 6.09 Å². The van der Waals surface area contributed by atoms with Gasteiger partial charge < -0.3 is 20.5 Å². The Balaban J connectivity index is 1.85. The van der Waals surface area contributed by atoms with Crippen LogP contribution in [0.1, 0.15) is 98.5 Å². The number of piperidine rings is 1. The standard InChI is InChI=1S/C31H51N3O4/c1-29(2,3)33-27(35)25(20-23-14-9-7-10-15-23)34-19-13-18-31(37,22-34)26(21-24-16-11-8-12-17-24)32-28(36)38-30(4,5)6/h8,11-12,16-17,23,25-26,37H,7,9-10,13-15,18-22H2,1-6H3,(H,32,36)(H,33,35)/t25-,26-,31+/m0/s1. The predicted octanol–water partition coefficient (Wildman–Crippen LogP) is 5.20. The Bertz CT molecular complexity index is 902. The third-order valence-corrected chi connectivity index (χ3v) is 7.68. The molecular formula is C31H51N3O4. The van der Waals surface area contributed by atoms with Crippen LogP contribution < -0.4 is 10.6 Å². The minimum atomic E-state index is -1.20. The average Bonchev–Trinajstić information content (AvgIpc) is 2.81. The highest BCUT2D eigenvalue weighted by Gasteiger charge is 2.45. The van der Waals surface area contributed by atoms with Crippen LogP contribution in [-0.2, 0) is 16.0 Å². The number of hydrogen-bond acceptors (Lipinski definition) is 5. The van der Waals surface area contributed by atoms with E-state index in [0.29, 0.717) is 25.3 Å². The van der Waals surface area contributed by atoms with Crippen LogP contribution in [0.15, 0.2) is 30.3 Å². The van der Waals surface area contributed by atoms with Crippen molar-refractivity contribution in [3.8, 4) is 0 Å². The van der Waals surface area contributed by atoms with E-state index in [1.807, 2.05) is 71.9 Å². The molecule has 7 nitrogen and oxygen atoms in total. The molecule has 2 aliphatic rings. The number of nitrogens with zero attached hydrogens (tertiary/aromatic N) is 1. The molecule has 2 amide bonds. The summed E-state index contributed by atoms with van der Waals surface area (Å²) in [4.78, 5) is 28.7. The monoisotopic (exact) mass is 529 g/mol. The lowest BCUT2D eigenvalue weighted by molar-refractivity contribution is -0.133. The van der Waals surface area contributed by atoms with Crippen molar-refractivity contribution in [3.05, 3.63) is 35.9 Å². The van der Waals surface area contributed by atoms with E-state index in [0.717, 1.165) is 37.8 Å². The smallest absolute Gasteiger partial charge is 0.407 e. The molecule has 3 rings (SSSR count). The van der Waals surface area contributed by atoms with Gasteiger partial charge in [0, 0.05) is 12.1 Å². The number of aliphatic hydroxyl groups is 1. The van der Waals surface area contributed by atoms with Gasteiger partial charge in [-0.15, -0.1) is 0 Å². The van der Waals surface area contributed by atoms with Crippen molar-refractivity contribution < 1.29 is 19.4 Å². The van der Waals surface area contributed by atoms with E-state index in [-0.39, 0.29) is 17.5 Å². The Kier molecular flexibility index (Phi) is 10.3. The lowest BCUT2D eigenvalue weighted by atomic mass is 9.80. The van der Waals surface area contributed by atoms with E-state index >= 15 is 0 Å². The fourth-order valence-electron chi connectivity index (χ4n) is 5.94. The molecule has 1 aliphatic heterocycles. The molecule has 214 valence electrons. The normalized spacial score (nSPS) is 23.3. The van der Waals surface area contributed by atoms with Crippen LogP contribution >= 0.6 is 0 Å². The molecule has 1 saturated carbocycles. The molecule has 0 aromatic heterocycles. The molecule has 0 bridgehead atoms. The zero-order chi connectivity index (χ0) is 28.0. The topological polar surface area (TPSA) is 90.9 Å². The fourth-order valence-corrected chi connectivity index (χ4v) is 5.94. The van der Waals surface area contributed by atoms with Crippen LogP contribution in [0.5, 0.6) is 0 Å². The van der Waals surface area contributed by atoms with Crippen molar-refractivity contribution in [3.63, 3.8) is 0 Å². The number of ether oxygens (including phenoxy) is 1. The van der Waals surface area contributed by atoms with E-state index in [1.165, 1.54) is 19.3 Å². The van der Waals surface area contributed by atoms with Gasteiger partial charge in [-0.2, -0.15) is 0 Å². The van der Waals surface area contributed by atoms with Gasteiger partial charge in [-0.05, 0) is 85.3 Å². The van der Waals surface area contributed by atoms with Crippen LogP contribution in [0.2, 0.25) is 0 Å². The third kappa shape index (κ3) is 9.57. The molecular weight excluding hydrogens is 478 g/mol. The maximum atomic E-state index is 13.6. The summed E-state index contributed by atoms with van der Waals surface area (Å²) >= 11 is 0. The molecule has 1 aromatic rings. The second-order valence-electron chi connectivity index (χ2n) is 13.6. The molecule has 1 heterocycles. The molecule has 1 aliphatic carbocycles. The van der Waals surface area contributed by atoms with Crippen LogP contribution in [0, 0.1) is 5.92 Å². The highest BCUT2D eigenvalue weighted by atomic mass is 16.6. The number of alkyl carbamates (subject to hydrolysis) is 1. The molecule has 1 aromatic carbocycles. The number of likely N-dealkylation sites (tertiary alicyclic amines) is 1. The molecule has 3 atom stereocenters. The average molecular weight is 530 g/mol. The summed E-state index contributed by atoms with van der Waals surface area (Å²) in [7, 11) is 0. The summed E-state index contributed by atoms with van der Waals surface area (Å²) in [5, 5.41) is 18.3. The predicted molar refractivity (Wildman–Crippen MR) is 152 cm³/mol. The first-order valence-corrected chi connectivity index (χ1v) is 14.6. The van der Waals surface area contributed by atoms with Gasteiger partial charge in [-0.1, -0.05) is 62.4 Å². The molecule has 7 heteroatoms. The van der Waals surface area contributed by atoms with Gasteiger partial charge in [0.2, 0.25) is 5.91 Å². The van der Waals surface area contributed by atoms with E-state index in [4.69, 9.17) is 4.74 Å². The van der Waals surface area contributed by atoms with Gasteiger partial charge in [-0.25, -0.2) is 4.79 Å². The van der Waals surface area contributed by atoms with Crippen LogP contribution in [0.4, 0.5) is 4.79 Å². The van der Waals surface area contributed by atoms with Crippen molar-refractivity contribution in [2.24, 2.45) is 5.92 Å². The number of carbonyl (C=O) groups excluding carboxylic acids is 2. The molecule has 0 radical (unpaired) electrons. The molecule has 2 fully saturated rings. The first-order chi connectivity index (χ1) is 17.7. The summed E-state index contributed by atoms with van der Waals surface area (Å²) in [6, 6.07) is 9.06. The zero-order valence-electron chi connectivity index (χ0n) is 24.5. The third-order valence-electron chi connectivity index (χ3n) is 7.68. The van der Waals surface area contributed by atoms with Gasteiger partial charge in [0.1, 0.15) is 5.60 Å². The summed E-state index contributed by atoms with van der Waals surface area (Å²) in [6.45, 7) is 12.6. The van der Waals surface area contributed by atoms with Crippen LogP contribution in [0.25, 0.3) is 0 Å². The van der Waals surface area contributed by atoms with E-state index in [9.17, 15) is 14.7 Å². The summed E-state index contributed by atoms with van der Waals surface area (Å²) in [5.74, 6) is 0.557. The Labute approximate surface area is 230 Å². The van der Waals surface area contributed by atoms with Crippen molar-refractivity contribution in [2.45, 2.75) is 128 Å². The number of β-amino-alcohol motifs (C(OH)–C–C–N with tert-alkyl or cyclic N) is 1. The van der Waals surface area contributed by atoms with E-state index in [1.54, 1.807) is 0 Å². The molecule has 1 saturated heterocycles. The summed E-state index contributed by atoms with van der Waals surface area (Å²) < 4.78 is 5.57. The number of nitrogens with one attached hydrogen (secondary N) is 2. The van der Waals surface area contributed by atoms with Crippen molar-refractivity contribution in [1.29, 1.82) is 0 Å². The number of hydrogen-bond donors (Lipinski definition) is 3. The molecule has 3 N–H and O–H groups in total. The molecule has 0 spiro atoms. The summed E-state index contributed by atoms with van der Waals surface area (Å²) in [6.07, 6.45) is 8.09. The minimum Gasteiger partial charge on any atom is -0.444 e. The number of rotatable bonds is 8. The maximum Gasteiger partial charge on any atom is 0.407 e. The molecule has 0 unspecified atom stereocenters. The molecule has 38 heavy (non-hydrogen) atoms. The van der Waals surface area contributed by atoms with E-state index in [2.05, 4.69) is 15.5 Å². The van der Waals surface area contributed by atoms with Gasteiger partial charge in [0.25, 0.3) is 0 Å². The SMILES string of the molecule is CC(C)(C)NC(=O)[C@H](CC1CCCCC1)N1CCC[C@](O)([C@H](Cc2ccccc2)NC(=O)OC(C)(C)C)C1. The van der Waals surface area contributed by atoms with Gasteiger partial charge in [0.15, 0.2) is 0 Å². The lowest BCUT2D eigenvalue weighted by Crippen LogP contribution is -2.65. The second kappa shape index (κ2) is 12.8. The highest BCUT2D eigenvalue weighted by molar-refractivity contribution is 5.82. The first-order valence-electron chi connectivity index (χ1n) is 14.6. The Morgan fingerprint density at radius 2 is 1.71 bits per heavy atom. The van der Waals surface area contributed by atoms with Crippen LogP contribution in [-0.4, -0.2) is 63.9 Å². The zero-order valence-corrected chi connectivity index (χ0v) is 24.5. The Morgan fingerprint density at radius 3 is 2.32 bits per heavy atom. The minimum absolute atomic E-state index is 0.0343. The van der Waals surface area contributed by atoms with Gasteiger partial charge in [-0.3, -0.25) is 9.69 Å². The quantitative estimate of drug-likeness (QED) is 0.430. The Hall–Kier alpha value is -2.12. The lowest BCUT2D eigenvalue weighted by Gasteiger charge is -2.47. The summed E-state index contributed by atoms with van der Waals surface area (Å²) in [5.41, 5.74) is -1.14. The Morgan fingerprint density at radius 1 is 1.05 bits per heavy atom. The van der Waals surface area contributed by atoms with Crippen molar-refractivity contribution >= 4 is 12.0 Å². The number of benzene rings is 1. The number of carbonyl (C=O) groups is 2. The second-order valence-corrected chi connectivity index (χ2v) is 13.6. The maximum absolute atomic E-state index is 13.6.